The highest BCUT2D eigenvalue weighted by Crippen LogP contribution is 2.36. The maximum Gasteiger partial charge on any atom is 0.408 e. The second kappa shape index (κ2) is 8.05. The summed E-state index contributed by atoms with van der Waals surface area (Å²) in [5, 5.41) is 6.70. The summed E-state index contributed by atoms with van der Waals surface area (Å²) < 4.78 is 52.2. The van der Waals surface area contributed by atoms with Crippen molar-refractivity contribution in [1.29, 1.82) is 0 Å². The van der Waals surface area contributed by atoms with E-state index in [9.17, 15) is 18.0 Å². The Labute approximate surface area is 172 Å². The van der Waals surface area contributed by atoms with Crippen molar-refractivity contribution < 1.29 is 27.2 Å². The van der Waals surface area contributed by atoms with E-state index in [0.29, 0.717) is 9.86 Å². The molecule has 0 aliphatic rings. The van der Waals surface area contributed by atoms with Crippen LogP contribution >= 0.6 is 15.9 Å². The number of nitrogens with zero attached hydrogens (tertiary/aromatic N) is 3. The number of amides is 1. The van der Waals surface area contributed by atoms with Gasteiger partial charge in [-0.25, -0.2) is 18.0 Å². The van der Waals surface area contributed by atoms with Gasteiger partial charge in [0.2, 0.25) is 18.0 Å². The Morgan fingerprint density at radius 2 is 2.07 bits per heavy atom. The number of aromatic nitrogens is 3. The predicted octanol–water partition coefficient (Wildman–Crippen LogP) is 5.21. The molecule has 0 aliphatic heterocycles. The molecule has 2 heterocycles. The van der Waals surface area contributed by atoms with Gasteiger partial charge in [0.05, 0.1) is 11.2 Å². The Hall–Kier alpha value is -2.56. The van der Waals surface area contributed by atoms with Crippen LogP contribution in [0.4, 0.5) is 18.0 Å². The van der Waals surface area contributed by atoms with Gasteiger partial charge in [0.1, 0.15) is 12.1 Å². The van der Waals surface area contributed by atoms with Crippen LogP contribution in [0.15, 0.2) is 33.3 Å². The fourth-order valence-electron chi connectivity index (χ4n) is 2.66. The SMILES string of the molecule is CC(C)(C)OC(=O)NCc1nc(-c2cc3c(Br)cccc3n2C(F)C(F)F)no1. The summed E-state index contributed by atoms with van der Waals surface area (Å²) in [6.45, 7) is 5.00. The molecule has 0 saturated heterocycles. The number of rotatable bonds is 5. The lowest BCUT2D eigenvalue weighted by atomic mass is 10.2. The normalized spacial score (nSPS) is 13.1. The summed E-state index contributed by atoms with van der Waals surface area (Å²) in [5.41, 5.74) is -0.406. The second-order valence-electron chi connectivity index (χ2n) is 7.15. The Kier molecular flexibility index (Phi) is 5.87. The largest absolute Gasteiger partial charge is 0.444 e. The zero-order valence-electron chi connectivity index (χ0n) is 15.7. The molecule has 0 fully saturated rings. The monoisotopic (exact) mass is 474 g/mol. The van der Waals surface area contributed by atoms with E-state index in [1.54, 1.807) is 32.9 Å². The van der Waals surface area contributed by atoms with Gasteiger partial charge in [-0.3, -0.25) is 0 Å². The molecule has 1 amide bonds. The third-order valence-corrected chi connectivity index (χ3v) is 4.46. The molecule has 1 unspecified atom stereocenters. The Morgan fingerprint density at radius 1 is 1.34 bits per heavy atom. The lowest BCUT2D eigenvalue weighted by Crippen LogP contribution is -2.32. The Balaban J connectivity index is 1.90. The minimum absolute atomic E-state index is 0.00851. The number of alkyl halides is 3. The van der Waals surface area contributed by atoms with Crippen LogP contribution in [0.25, 0.3) is 22.4 Å². The summed E-state index contributed by atoms with van der Waals surface area (Å²) in [6, 6.07) is 6.32. The number of hydrogen-bond acceptors (Lipinski definition) is 5. The Morgan fingerprint density at radius 3 is 2.72 bits per heavy atom. The molecule has 156 valence electrons. The number of carbonyl (C=O) groups excluding carboxylic acids is 1. The molecule has 0 aliphatic carbocycles. The summed E-state index contributed by atoms with van der Waals surface area (Å²) in [6.07, 6.45) is -6.53. The first-order chi connectivity index (χ1) is 13.6. The van der Waals surface area contributed by atoms with Crippen molar-refractivity contribution in [3.05, 3.63) is 34.6 Å². The molecule has 0 bridgehead atoms. The van der Waals surface area contributed by atoms with Crippen molar-refractivity contribution in [2.24, 2.45) is 0 Å². The van der Waals surface area contributed by atoms with E-state index in [1.165, 1.54) is 12.1 Å². The minimum atomic E-state index is -3.25. The molecule has 2 aromatic heterocycles. The standard InChI is InChI=1S/C18H18BrF3N4O3/c1-18(2,3)28-17(27)23-8-13-24-16(25-29-13)12-7-9-10(19)5-4-6-11(9)26(12)15(22)14(20)21/h4-7,14-15H,8H2,1-3H3,(H,23,27). The molecule has 7 nitrogen and oxygen atoms in total. The lowest BCUT2D eigenvalue weighted by molar-refractivity contribution is 0.0114. The Bertz CT molecular complexity index is 1030. The van der Waals surface area contributed by atoms with Gasteiger partial charge in [-0.1, -0.05) is 27.2 Å². The van der Waals surface area contributed by atoms with Gasteiger partial charge in [-0.05, 0) is 39.0 Å². The summed E-state index contributed by atoms with van der Waals surface area (Å²) in [5.74, 6) is -0.0772. The molecule has 0 spiro atoms. The zero-order chi connectivity index (χ0) is 21.3. The van der Waals surface area contributed by atoms with Crippen LogP contribution < -0.4 is 5.32 Å². The first-order valence-electron chi connectivity index (χ1n) is 8.58. The van der Waals surface area contributed by atoms with E-state index >= 15 is 0 Å². The van der Waals surface area contributed by atoms with Crippen molar-refractivity contribution in [3.8, 4) is 11.5 Å². The van der Waals surface area contributed by atoms with E-state index < -0.39 is 24.4 Å². The van der Waals surface area contributed by atoms with Crippen molar-refractivity contribution in [1.82, 2.24) is 20.0 Å². The molecule has 0 saturated carbocycles. The molecule has 1 N–H and O–H groups in total. The fraction of sp³-hybridized carbons (Fsp3) is 0.389. The molecule has 3 aromatic rings. The topological polar surface area (TPSA) is 82.2 Å². The number of nitrogens with one attached hydrogen (secondary N) is 1. The molecular formula is C18H18BrF3N4O3. The van der Waals surface area contributed by atoms with E-state index in [0.717, 1.165) is 4.57 Å². The van der Waals surface area contributed by atoms with Gasteiger partial charge in [0.25, 0.3) is 6.43 Å². The van der Waals surface area contributed by atoms with Crippen LogP contribution in [-0.4, -0.2) is 32.8 Å². The van der Waals surface area contributed by atoms with E-state index in [-0.39, 0.29) is 29.5 Å². The van der Waals surface area contributed by atoms with Crippen molar-refractivity contribution in [2.45, 2.75) is 45.6 Å². The average molecular weight is 475 g/mol. The first kappa shape index (κ1) is 21.2. The quantitative estimate of drug-likeness (QED) is 0.548. The molecule has 11 heteroatoms. The van der Waals surface area contributed by atoms with Gasteiger partial charge in [0, 0.05) is 9.86 Å². The number of alkyl carbamates (subject to hydrolysis) is 1. The molecule has 0 radical (unpaired) electrons. The second-order valence-corrected chi connectivity index (χ2v) is 8.00. The number of ether oxygens (including phenoxy) is 1. The van der Waals surface area contributed by atoms with Gasteiger partial charge >= 0.3 is 6.09 Å². The van der Waals surface area contributed by atoms with Gasteiger partial charge < -0.3 is 19.1 Å². The smallest absolute Gasteiger partial charge is 0.408 e. The summed E-state index contributed by atoms with van der Waals surface area (Å²) >= 11 is 3.32. The van der Waals surface area contributed by atoms with Crippen molar-refractivity contribution >= 4 is 32.9 Å². The highest BCUT2D eigenvalue weighted by Gasteiger charge is 2.28. The highest BCUT2D eigenvalue weighted by molar-refractivity contribution is 9.10. The summed E-state index contributed by atoms with van der Waals surface area (Å²) in [7, 11) is 0. The van der Waals surface area contributed by atoms with Crippen molar-refractivity contribution in [3.63, 3.8) is 0 Å². The predicted molar refractivity (Wildman–Crippen MR) is 102 cm³/mol. The van der Waals surface area contributed by atoms with Crippen LogP contribution in [0, 0.1) is 0 Å². The molecule has 1 aromatic carbocycles. The van der Waals surface area contributed by atoms with Crippen LogP contribution in [0.1, 0.15) is 33.0 Å². The van der Waals surface area contributed by atoms with Gasteiger partial charge in [-0.2, -0.15) is 4.98 Å². The molecular weight excluding hydrogens is 457 g/mol. The van der Waals surface area contributed by atoms with Crippen LogP contribution in [-0.2, 0) is 11.3 Å². The van der Waals surface area contributed by atoms with Gasteiger partial charge in [0.15, 0.2) is 0 Å². The minimum Gasteiger partial charge on any atom is -0.444 e. The zero-order valence-corrected chi connectivity index (χ0v) is 17.3. The number of carbonyl (C=O) groups is 1. The van der Waals surface area contributed by atoms with Crippen LogP contribution in [0.3, 0.4) is 0 Å². The highest BCUT2D eigenvalue weighted by atomic mass is 79.9. The van der Waals surface area contributed by atoms with Crippen molar-refractivity contribution in [2.75, 3.05) is 0 Å². The number of fused-ring (bicyclic) bond motifs is 1. The fourth-order valence-corrected chi connectivity index (χ4v) is 3.13. The van der Waals surface area contributed by atoms with Gasteiger partial charge in [-0.15, -0.1) is 0 Å². The average Bonchev–Trinajstić information content (AvgIpc) is 3.22. The number of halogens is 4. The molecule has 3 rings (SSSR count). The molecule has 29 heavy (non-hydrogen) atoms. The van der Waals surface area contributed by atoms with Crippen LogP contribution in [0.5, 0.6) is 0 Å². The molecule has 1 atom stereocenters. The van der Waals surface area contributed by atoms with E-state index in [1.807, 2.05) is 0 Å². The summed E-state index contributed by atoms with van der Waals surface area (Å²) in [4.78, 5) is 15.8. The first-order valence-corrected chi connectivity index (χ1v) is 9.37. The lowest BCUT2D eigenvalue weighted by Gasteiger charge is -2.19. The maximum absolute atomic E-state index is 14.4. The van der Waals surface area contributed by atoms with Crippen LogP contribution in [0.2, 0.25) is 0 Å². The van der Waals surface area contributed by atoms with E-state index in [2.05, 4.69) is 31.4 Å². The third kappa shape index (κ3) is 4.72. The maximum atomic E-state index is 14.4. The van der Waals surface area contributed by atoms with E-state index in [4.69, 9.17) is 9.26 Å². The number of benzene rings is 1. The third-order valence-electron chi connectivity index (χ3n) is 3.76. The number of hydrogen-bond donors (Lipinski definition) is 1.